The zero-order valence-electron chi connectivity index (χ0n) is 12.5. The Morgan fingerprint density at radius 1 is 1.25 bits per heavy atom. The standard InChI is InChI=1S/C15H25N3O.HI/c1-4-15(5-2,11-19)10-17-14(16)18-13-8-6-12(3)7-9-13;/h6-9,19H,4-5,10-11H2,1-3H3,(H3,16,17,18);1H. The topological polar surface area (TPSA) is 70.6 Å². The molecule has 0 bridgehead atoms. The molecule has 4 N–H and O–H groups in total. The zero-order valence-corrected chi connectivity index (χ0v) is 14.8. The van der Waals surface area contributed by atoms with Gasteiger partial charge in [0.05, 0.1) is 13.2 Å². The predicted octanol–water partition coefficient (Wildman–Crippen LogP) is 3.14. The number of guanidine groups is 1. The summed E-state index contributed by atoms with van der Waals surface area (Å²) in [5.41, 5.74) is 7.85. The van der Waals surface area contributed by atoms with E-state index in [9.17, 15) is 5.11 Å². The van der Waals surface area contributed by atoms with E-state index in [-0.39, 0.29) is 36.0 Å². The molecule has 0 aliphatic heterocycles. The molecule has 0 radical (unpaired) electrons. The minimum absolute atomic E-state index is 0. The lowest BCUT2D eigenvalue weighted by Gasteiger charge is -2.27. The number of nitrogens with one attached hydrogen (secondary N) is 1. The van der Waals surface area contributed by atoms with E-state index in [2.05, 4.69) is 24.2 Å². The van der Waals surface area contributed by atoms with Gasteiger partial charge in [0.2, 0.25) is 0 Å². The van der Waals surface area contributed by atoms with Crippen molar-refractivity contribution < 1.29 is 5.11 Å². The Morgan fingerprint density at radius 3 is 2.25 bits per heavy atom. The molecule has 1 rings (SSSR count). The van der Waals surface area contributed by atoms with E-state index < -0.39 is 0 Å². The van der Waals surface area contributed by atoms with Crippen LogP contribution >= 0.6 is 24.0 Å². The first-order valence-electron chi connectivity index (χ1n) is 6.79. The lowest BCUT2D eigenvalue weighted by Crippen LogP contribution is -2.30. The number of aryl methyl sites for hydroxylation is 1. The maximum atomic E-state index is 9.48. The van der Waals surface area contributed by atoms with Crippen LogP contribution in [0.3, 0.4) is 0 Å². The van der Waals surface area contributed by atoms with Crippen LogP contribution in [0.2, 0.25) is 0 Å². The molecular formula is C15H26IN3O. The lowest BCUT2D eigenvalue weighted by molar-refractivity contribution is 0.123. The van der Waals surface area contributed by atoms with Gasteiger partial charge in [0.25, 0.3) is 0 Å². The first-order valence-corrected chi connectivity index (χ1v) is 6.79. The normalized spacial score (nSPS) is 11.9. The van der Waals surface area contributed by atoms with Crippen LogP contribution < -0.4 is 11.1 Å². The number of halogens is 1. The summed E-state index contributed by atoms with van der Waals surface area (Å²) in [6, 6.07) is 7.98. The highest BCUT2D eigenvalue weighted by molar-refractivity contribution is 14.0. The summed E-state index contributed by atoms with van der Waals surface area (Å²) in [6.45, 7) is 6.86. The number of rotatable bonds is 6. The predicted molar refractivity (Wildman–Crippen MR) is 96.8 cm³/mol. The molecular weight excluding hydrogens is 365 g/mol. The van der Waals surface area contributed by atoms with Gasteiger partial charge < -0.3 is 16.2 Å². The highest BCUT2D eigenvalue weighted by Crippen LogP contribution is 2.25. The van der Waals surface area contributed by atoms with E-state index in [1.807, 2.05) is 31.2 Å². The van der Waals surface area contributed by atoms with Crippen LogP contribution in [-0.4, -0.2) is 24.2 Å². The summed E-state index contributed by atoms with van der Waals surface area (Å²) < 4.78 is 0. The van der Waals surface area contributed by atoms with Gasteiger partial charge in [-0.15, -0.1) is 24.0 Å². The largest absolute Gasteiger partial charge is 0.396 e. The van der Waals surface area contributed by atoms with E-state index in [0.717, 1.165) is 18.5 Å². The number of aliphatic hydroxyl groups excluding tert-OH is 1. The van der Waals surface area contributed by atoms with Gasteiger partial charge in [-0.3, -0.25) is 4.99 Å². The molecule has 0 aromatic heterocycles. The number of anilines is 1. The van der Waals surface area contributed by atoms with Crippen LogP contribution in [0.25, 0.3) is 0 Å². The molecule has 0 aliphatic rings. The highest BCUT2D eigenvalue weighted by Gasteiger charge is 2.24. The van der Waals surface area contributed by atoms with Crippen molar-refractivity contribution in [2.75, 3.05) is 18.5 Å². The van der Waals surface area contributed by atoms with Crippen LogP contribution in [-0.2, 0) is 0 Å². The minimum atomic E-state index is -0.153. The summed E-state index contributed by atoms with van der Waals surface area (Å²) >= 11 is 0. The van der Waals surface area contributed by atoms with Crippen molar-refractivity contribution in [3.63, 3.8) is 0 Å². The quantitative estimate of drug-likeness (QED) is 0.397. The number of hydrogen-bond acceptors (Lipinski definition) is 2. The third-order valence-electron chi connectivity index (χ3n) is 3.74. The van der Waals surface area contributed by atoms with Gasteiger partial charge in [-0.25, -0.2) is 0 Å². The lowest BCUT2D eigenvalue weighted by atomic mass is 9.83. The molecule has 0 saturated carbocycles. The smallest absolute Gasteiger partial charge is 0.193 e. The van der Waals surface area contributed by atoms with Crippen LogP contribution in [0.1, 0.15) is 32.3 Å². The summed E-state index contributed by atoms with van der Waals surface area (Å²) in [7, 11) is 0. The summed E-state index contributed by atoms with van der Waals surface area (Å²) in [6.07, 6.45) is 1.78. The molecule has 1 aromatic carbocycles. The van der Waals surface area contributed by atoms with Crippen molar-refractivity contribution in [1.29, 1.82) is 0 Å². The molecule has 20 heavy (non-hydrogen) atoms. The Bertz CT molecular complexity index is 405. The maximum Gasteiger partial charge on any atom is 0.193 e. The van der Waals surface area contributed by atoms with Gasteiger partial charge in [0.15, 0.2) is 5.96 Å². The van der Waals surface area contributed by atoms with Gasteiger partial charge >= 0.3 is 0 Å². The van der Waals surface area contributed by atoms with Crippen molar-refractivity contribution in [3.05, 3.63) is 29.8 Å². The monoisotopic (exact) mass is 391 g/mol. The molecule has 4 nitrogen and oxygen atoms in total. The molecule has 0 amide bonds. The molecule has 0 unspecified atom stereocenters. The van der Waals surface area contributed by atoms with Crippen molar-refractivity contribution in [2.45, 2.75) is 33.6 Å². The third kappa shape index (κ3) is 5.66. The minimum Gasteiger partial charge on any atom is -0.396 e. The summed E-state index contributed by atoms with van der Waals surface area (Å²) in [5, 5.41) is 12.5. The number of aliphatic imine (C=N–C) groups is 1. The van der Waals surface area contributed by atoms with Crippen LogP contribution in [0.4, 0.5) is 5.69 Å². The molecule has 0 atom stereocenters. The SMILES string of the molecule is CCC(CC)(CO)CN=C(N)Nc1ccc(C)cc1.I. The second kappa shape index (κ2) is 9.18. The van der Waals surface area contributed by atoms with Gasteiger partial charge in [-0.2, -0.15) is 0 Å². The van der Waals surface area contributed by atoms with Crippen LogP contribution in [0.15, 0.2) is 29.3 Å². The first kappa shape index (κ1) is 19.2. The van der Waals surface area contributed by atoms with Gasteiger partial charge in [-0.1, -0.05) is 31.5 Å². The number of nitrogens with two attached hydrogens (primary N) is 1. The van der Waals surface area contributed by atoms with Crippen molar-refractivity contribution in [1.82, 2.24) is 0 Å². The van der Waals surface area contributed by atoms with Crippen molar-refractivity contribution in [3.8, 4) is 0 Å². The summed E-state index contributed by atoms with van der Waals surface area (Å²) in [5.74, 6) is 0.392. The Morgan fingerprint density at radius 2 is 1.80 bits per heavy atom. The van der Waals surface area contributed by atoms with Crippen molar-refractivity contribution in [2.24, 2.45) is 16.1 Å². The van der Waals surface area contributed by atoms with Gasteiger partial charge in [-0.05, 0) is 31.9 Å². The Labute approximate surface area is 138 Å². The van der Waals surface area contributed by atoms with Crippen molar-refractivity contribution >= 4 is 35.6 Å². The van der Waals surface area contributed by atoms with E-state index in [4.69, 9.17) is 5.73 Å². The maximum absolute atomic E-state index is 9.48. The average molecular weight is 391 g/mol. The molecule has 1 aromatic rings. The fraction of sp³-hybridized carbons (Fsp3) is 0.533. The number of aliphatic hydroxyl groups is 1. The van der Waals surface area contributed by atoms with E-state index in [1.54, 1.807) is 0 Å². The average Bonchev–Trinajstić information content (AvgIpc) is 2.44. The molecule has 0 aliphatic carbocycles. The Balaban J connectivity index is 0.00000361. The number of benzene rings is 1. The number of hydrogen-bond donors (Lipinski definition) is 3. The molecule has 5 heteroatoms. The second-order valence-corrected chi connectivity index (χ2v) is 5.06. The van der Waals surface area contributed by atoms with E-state index in [1.165, 1.54) is 5.56 Å². The van der Waals surface area contributed by atoms with E-state index >= 15 is 0 Å². The number of nitrogens with zero attached hydrogens (tertiary/aromatic N) is 1. The Kier molecular flexibility index (Phi) is 8.80. The fourth-order valence-corrected chi connectivity index (χ4v) is 1.82. The van der Waals surface area contributed by atoms with E-state index in [0.29, 0.717) is 12.5 Å². The van der Waals surface area contributed by atoms with Gasteiger partial charge in [0.1, 0.15) is 0 Å². The van der Waals surface area contributed by atoms with Crippen LogP contribution in [0.5, 0.6) is 0 Å². The summed E-state index contributed by atoms with van der Waals surface area (Å²) in [4.78, 5) is 4.35. The highest BCUT2D eigenvalue weighted by atomic mass is 127. The second-order valence-electron chi connectivity index (χ2n) is 5.06. The molecule has 0 heterocycles. The first-order chi connectivity index (χ1) is 9.05. The van der Waals surface area contributed by atoms with Gasteiger partial charge in [0, 0.05) is 11.1 Å². The molecule has 114 valence electrons. The third-order valence-corrected chi connectivity index (χ3v) is 3.74. The molecule has 0 spiro atoms. The van der Waals surface area contributed by atoms with Crippen LogP contribution in [0, 0.1) is 12.3 Å². The molecule has 0 saturated heterocycles. The molecule has 0 fully saturated rings. The Hall–Kier alpha value is -0.820. The fourth-order valence-electron chi connectivity index (χ4n) is 1.82. The zero-order chi connectivity index (χ0) is 14.3.